The molecule has 0 bridgehead atoms. The van der Waals surface area contributed by atoms with Gasteiger partial charge >= 0.3 is 0 Å². The second-order valence-corrected chi connectivity index (χ2v) is 8.48. The zero-order valence-corrected chi connectivity index (χ0v) is 18.5. The van der Waals surface area contributed by atoms with Gasteiger partial charge in [0.2, 0.25) is 0 Å². The Morgan fingerprint density at radius 2 is 1.96 bits per heavy atom. The van der Waals surface area contributed by atoms with Gasteiger partial charge < -0.3 is 25.2 Å². The Morgan fingerprint density at radius 3 is 2.57 bits per heavy atom. The highest BCUT2D eigenvalue weighted by atomic mass is 16.5. The first-order valence-corrected chi connectivity index (χ1v) is 10.3. The van der Waals surface area contributed by atoms with Gasteiger partial charge in [-0.25, -0.2) is 9.98 Å². The van der Waals surface area contributed by atoms with Crippen LogP contribution in [0.5, 0.6) is 0 Å². The normalized spacial score (nSPS) is 17.5. The number of likely N-dealkylation sites (N-methyl/N-ethyl adjacent to an activating group) is 1. The fraction of sp³-hybridized carbons (Fsp3) is 0.714. The molecule has 1 atom stereocenters. The Kier molecular flexibility index (Phi) is 8.51. The van der Waals surface area contributed by atoms with Crippen molar-refractivity contribution in [2.75, 3.05) is 58.3 Å². The molecular formula is C21H38N6O. The SMILES string of the molecule is CCNC(=NCc1ccnc(N2CCN(C)CC2)c1)NCC(OC)C(C)(C)C. The van der Waals surface area contributed by atoms with Gasteiger partial charge in [-0.15, -0.1) is 0 Å². The van der Waals surface area contributed by atoms with Gasteiger partial charge in [0.15, 0.2) is 5.96 Å². The molecule has 0 amide bonds. The molecule has 1 aromatic rings. The van der Waals surface area contributed by atoms with Crippen molar-refractivity contribution in [1.29, 1.82) is 0 Å². The molecule has 0 saturated carbocycles. The number of nitrogens with zero attached hydrogens (tertiary/aromatic N) is 4. The van der Waals surface area contributed by atoms with E-state index in [4.69, 9.17) is 9.73 Å². The highest BCUT2D eigenvalue weighted by Gasteiger charge is 2.24. The van der Waals surface area contributed by atoms with Crippen LogP contribution >= 0.6 is 0 Å². The summed E-state index contributed by atoms with van der Waals surface area (Å²) >= 11 is 0. The van der Waals surface area contributed by atoms with Gasteiger partial charge in [-0.3, -0.25) is 0 Å². The van der Waals surface area contributed by atoms with Gasteiger partial charge in [-0.05, 0) is 37.1 Å². The van der Waals surface area contributed by atoms with Gasteiger partial charge in [-0.2, -0.15) is 0 Å². The molecule has 1 unspecified atom stereocenters. The van der Waals surface area contributed by atoms with E-state index in [0.717, 1.165) is 44.5 Å². The third kappa shape index (κ3) is 6.95. The molecule has 0 spiro atoms. The van der Waals surface area contributed by atoms with Crippen LogP contribution in [0.15, 0.2) is 23.3 Å². The predicted molar refractivity (Wildman–Crippen MR) is 117 cm³/mol. The zero-order valence-electron chi connectivity index (χ0n) is 18.5. The number of anilines is 1. The summed E-state index contributed by atoms with van der Waals surface area (Å²) in [6.07, 6.45) is 2.00. The molecule has 7 nitrogen and oxygen atoms in total. The Balaban J connectivity index is 1.99. The molecule has 1 aliphatic rings. The number of rotatable bonds is 7. The first-order valence-electron chi connectivity index (χ1n) is 10.3. The van der Waals surface area contributed by atoms with E-state index in [0.29, 0.717) is 13.1 Å². The van der Waals surface area contributed by atoms with Crippen molar-refractivity contribution in [3.05, 3.63) is 23.9 Å². The fourth-order valence-electron chi connectivity index (χ4n) is 3.21. The van der Waals surface area contributed by atoms with E-state index in [2.05, 4.69) is 66.2 Å². The average Bonchev–Trinajstić information content (AvgIpc) is 2.66. The molecule has 2 N–H and O–H groups in total. The van der Waals surface area contributed by atoms with Gasteiger partial charge in [0.1, 0.15) is 5.82 Å². The summed E-state index contributed by atoms with van der Waals surface area (Å²) in [4.78, 5) is 14.0. The average molecular weight is 391 g/mol. The fourth-order valence-corrected chi connectivity index (χ4v) is 3.21. The number of aliphatic imine (C=N–C) groups is 1. The standard InChI is InChI=1S/C21H38N6O/c1-7-22-20(25-16-18(28-6)21(2,3)4)24-15-17-8-9-23-19(14-17)27-12-10-26(5)11-13-27/h8-9,14,18H,7,10-13,15-16H2,1-6H3,(H2,22,24,25). The summed E-state index contributed by atoms with van der Waals surface area (Å²) in [5.41, 5.74) is 1.24. The summed E-state index contributed by atoms with van der Waals surface area (Å²) in [5.74, 6) is 1.86. The van der Waals surface area contributed by atoms with E-state index in [1.807, 2.05) is 12.3 Å². The van der Waals surface area contributed by atoms with Crippen molar-refractivity contribution in [3.63, 3.8) is 0 Å². The van der Waals surface area contributed by atoms with Crippen molar-refractivity contribution in [1.82, 2.24) is 20.5 Å². The number of hydrogen-bond acceptors (Lipinski definition) is 5. The number of hydrogen-bond donors (Lipinski definition) is 2. The van der Waals surface area contributed by atoms with Gasteiger partial charge in [-0.1, -0.05) is 20.8 Å². The molecule has 0 aromatic carbocycles. The number of ether oxygens (including phenoxy) is 1. The van der Waals surface area contributed by atoms with Crippen LogP contribution in [0.2, 0.25) is 0 Å². The summed E-state index contributed by atoms with van der Waals surface area (Å²) in [5, 5.41) is 6.73. The lowest BCUT2D eigenvalue weighted by Crippen LogP contribution is -2.45. The third-order valence-corrected chi connectivity index (χ3v) is 5.11. The maximum atomic E-state index is 5.63. The molecule has 0 aliphatic carbocycles. The van der Waals surface area contributed by atoms with Crippen LogP contribution in [0.3, 0.4) is 0 Å². The van der Waals surface area contributed by atoms with Crippen LogP contribution in [-0.4, -0.2) is 75.4 Å². The predicted octanol–water partition coefficient (Wildman–Crippen LogP) is 1.95. The molecule has 1 fully saturated rings. The topological polar surface area (TPSA) is 65.0 Å². The Labute approximate surface area is 170 Å². The Morgan fingerprint density at radius 1 is 1.25 bits per heavy atom. The number of guanidine groups is 1. The second-order valence-electron chi connectivity index (χ2n) is 8.48. The van der Waals surface area contributed by atoms with Crippen LogP contribution in [0.4, 0.5) is 5.82 Å². The van der Waals surface area contributed by atoms with Crippen molar-refractivity contribution in [3.8, 4) is 0 Å². The molecule has 2 rings (SSSR count). The molecular weight excluding hydrogens is 352 g/mol. The van der Waals surface area contributed by atoms with E-state index >= 15 is 0 Å². The van der Waals surface area contributed by atoms with Gasteiger partial charge in [0.25, 0.3) is 0 Å². The van der Waals surface area contributed by atoms with E-state index in [1.54, 1.807) is 7.11 Å². The molecule has 28 heavy (non-hydrogen) atoms. The summed E-state index contributed by atoms with van der Waals surface area (Å²) in [7, 11) is 3.93. The van der Waals surface area contributed by atoms with Crippen molar-refractivity contribution in [2.45, 2.75) is 40.3 Å². The van der Waals surface area contributed by atoms with Gasteiger partial charge in [0.05, 0.1) is 12.6 Å². The highest BCUT2D eigenvalue weighted by molar-refractivity contribution is 5.79. The van der Waals surface area contributed by atoms with Crippen molar-refractivity contribution in [2.24, 2.45) is 10.4 Å². The summed E-state index contributed by atoms with van der Waals surface area (Å²) < 4.78 is 5.63. The second kappa shape index (κ2) is 10.6. The maximum absolute atomic E-state index is 5.63. The van der Waals surface area contributed by atoms with Crippen LogP contribution in [0, 0.1) is 5.41 Å². The van der Waals surface area contributed by atoms with E-state index in [9.17, 15) is 0 Å². The molecule has 2 heterocycles. The lowest BCUT2D eigenvalue weighted by molar-refractivity contribution is 0.0205. The van der Waals surface area contributed by atoms with Crippen LogP contribution < -0.4 is 15.5 Å². The lowest BCUT2D eigenvalue weighted by atomic mass is 9.89. The lowest BCUT2D eigenvalue weighted by Gasteiger charge is -2.33. The van der Waals surface area contributed by atoms with Crippen LogP contribution in [-0.2, 0) is 11.3 Å². The molecule has 0 radical (unpaired) electrons. The van der Waals surface area contributed by atoms with E-state index < -0.39 is 0 Å². The van der Waals surface area contributed by atoms with E-state index in [-0.39, 0.29) is 11.5 Å². The first-order chi connectivity index (χ1) is 13.3. The summed E-state index contributed by atoms with van der Waals surface area (Å²) in [6.45, 7) is 15.0. The van der Waals surface area contributed by atoms with E-state index in [1.165, 1.54) is 5.56 Å². The molecule has 158 valence electrons. The third-order valence-electron chi connectivity index (χ3n) is 5.11. The van der Waals surface area contributed by atoms with Crippen LogP contribution in [0.25, 0.3) is 0 Å². The summed E-state index contributed by atoms with van der Waals surface area (Å²) in [6, 6.07) is 4.20. The Bertz CT molecular complexity index is 620. The number of piperazine rings is 1. The van der Waals surface area contributed by atoms with Gasteiger partial charge in [0, 0.05) is 52.6 Å². The van der Waals surface area contributed by atoms with Crippen molar-refractivity contribution >= 4 is 11.8 Å². The minimum atomic E-state index is 0.0710. The van der Waals surface area contributed by atoms with Crippen molar-refractivity contribution < 1.29 is 4.74 Å². The quantitative estimate of drug-likeness (QED) is 0.548. The number of aromatic nitrogens is 1. The smallest absolute Gasteiger partial charge is 0.191 e. The van der Waals surface area contributed by atoms with Crippen LogP contribution in [0.1, 0.15) is 33.3 Å². The molecule has 1 aliphatic heterocycles. The first kappa shape index (κ1) is 22.4. The maximum Gasteiger partial charge on any atom is 0.191 e. The number of pyridine rings is 1. The highest BCUT2D eigenvalue weighted by Crippen LogP contribution is 2.21. The Hall–Kier alpha value is -1.86. The largest absolute Gasteiger partial charge is 0.379 e. The monoisotopic (exact) mass is 390 g/mol. The molecule has 7 heteroatoms. The minimum Gasteiger partial charge on any atom is -0.379 e. The molecule has 1 aromatic heterocycles. The zero-order chi connectivity index (χ0) is 20.6. The molecule has 1 saturated heterocycles. The number of methoxy groups -OCH3 is 1. The minimum absolute atomic E-state index is 0.0710. The number of nitrogens with one attached hydrogen (secondary N) is 2.